The van der Waals surface area contributed by atoms with Crippen molar-refractivity contribution in [2.75, 3.05) is 0 Å². The lowest BCUT2D eigenvalue weighted by molar-refractivity contribution is 0.106. The second kappa shape index (κ2) is 7.75. The third-order valence-corrected chi connectivity index (χ3v) is 3.83. The van der Waals surface area contributed by atoms with Crippen molar-refractivity contribution in [2.24, 2.45) is 0 Å². The van der Waals surface area contributed by atoms with Gasteiger partial charge in [0, 0.05) is 24.4 Å². The topological polar surface area (TPSA) is 42.4 Å². The highest BCUT2D eigenvalue weighted by Gasteiger charge is 2.16. The van der Waals surface area contributed by atoms with Gasteiger partial charge in [-0.3, -0.25) is 4.98 Å². The molecule has 3 rings (SSSR count). The van der Waals surface area contributed by atoms with Crippen molar-refractivity contribution in [3.8, 4) is 16.9 Å². The summed E-state index contributed by atoms with van der Waals surface area (Å²) in [6.45, 7) is 1.77. The molecule has 2 aromatic carbocycles. The van der Waals surface area contributed by atoms with Gasteiger partial charge in [0.1, 0.15) is 11.9 Å². The number of hydrogen-bond donors (Lipinski definition) is 1. The van der Waals surface area contributed by atoms with E-state index >= 15 is 0 Å². The number of pyridine rings is 1. The van der Waals surface area contributed by atoms with E-state index in [2.05, 4.69) is 23.2 Å². The molecule has 3 heteroatoms. The monoisotopic (exact) mass is 319 g/mol. The van der Waals surface area contributed by atoms with E-state index in [1.165, 1.54) is 0 Å². The predicted octanol–water partition coefficient (Wildman–Crippen LogP) is 4.64. The summed E-state index contributed by atoms with van der Waals surface area (Å²) in [6, 6.07) is 22.1. The number of aliphatic hydroxyl groups is 1. The molecular weight excluding hydrogens is 298 g/mol. The zero-order valence-electron chi connectivity index (χ0n) is 13.7. The van der Waals surface area contributed by atoms with E-state index in [9.17, 15) is 5.11 Å². The van der Waals surface area contributed by atoms with Crippen LogP contribution in [0.1, 0.15) is 25.0 Å². The van der Waals surface area contributed by atoms with Gasteiger partial charge in [-0.2, -0.15) is 0 Å². The van der Waals surface area contributed by atoms with Crippen LogP contribution in [0.4, 0.5) is 0 Å². The van der Waals surface area contributed by atoms with Crippen LogP contribution < -0.4 is 4.74 Å². The molecule has 0 spiro atoms. The molecule has 0 saturated carbocycles. The molecule has 0 amide bonds. The summed E-state index contributed by atoms with van der Waals surface area (Å²) >= 11 is 0. The summed E-state index contributed by atoms with van der Waals surface area (Å²) in [6.07, 6.45) is 3.35. The molecule has 2 atom stereocenters. The second-order valence-corrected chi connectivity index (χ2v) is 5.87. The quantitative estimate of drug-likeness (QED) is 0.719. The predicted molar refractivity (Wildman–Crippen MR) is 95.8 cm³/mol. The van der Waals surface area contributed by atoms with E-state index in [0.29, 0.717) is 6.42 Å². The third kappa shape index (κ3) is 4.21. The molecule has 24 heavy (non-hydrogen) atoms. The first-order valence-corrected chi connectivity index (χ1v) is 8.12. The number of aliphatic hydroxyl groups excluding tert-OH is 1. The normalized spacial score (nSPS) is 13.2. The van der Waals surface area contributed by atoms with Crippen molar-refractivity contribution in [1.29, 1.82) is 0 Å². The fourth-order valence-electron chi connectivity index (χ4n) is 2.67. The van der Waals surface area contributed by atoms with Gasteiger partial charge in [-0.15, -0.1) is 0 Å². The molecule has 0 radical (unpaired) electrons. The van der Waals surface area contributed by atoms with Crippen LogP contribution >= 0.6 is 0 Å². The summed E-state index contributed by atoms with van der Waals surface area (Å²) in [7, 11) is 0. The van der Waals surface area contributed by atoms with Crippen LogP contribution in [0.2, 0.25) is 0 Å². The van der Waals surface area contributed by atoms with Crippen molar-refractivity contribution >= 4 is 0 Å². The Morgan fingerprint density at radius 1 is 0.958 bits per heavy atom. The zero-order chi connectivity index (χ0) is 16.8. The highest BCUT2D eigenvalue weighted by Crippen LogP contribution is 2.29. The van der Waals surface area contributed by atoms with E-state index in [0.717, 1.165) is 22.4 Å². The van der Waals surface area contributed by atoms with Gasteiger partial charge in [0.05, 0.1) is 6.10 Å². The molecule has 0 aliphatic heterocycles. The third-order valence-electron chi connectivity index (χ3n) is 3.83. The molecule has 1 N–H and O–H groups in total. The molecule has 3 nitrogen and oxygen atoms in total. The zero-order valence-corrected chi connectivity index (χ0v) is 13.7. The molecule has 0 bridgehead atoms. The Morgan fingerprint density at radius 3 is 2.46 bits per heavy atom. The minimum atomic E-state index is -0.451. The first-order chi connectivity index (χ1) is 11.7. The number of nitrogens with zero attached hydrogens (tertiary/aromatic N) is 1. The van der Waals surface area contributed by atoms with E-state index in [-0.39, 0.29) is 6.10 Å². The maximum atomic E-state index is 9.79. The van der Waals surface area contributed by atoms with Crippen molar-refractivity contribution < 1.29 is 9.84 Å². The van der Waals surface area contributed by atoms with Gasteiger partial charge >= 0.3 is 0 Å². The van der Waals surface area contributed by atoms with Crippen molar-refractivity contribution in [2.45, 2.75) is 25.6 Å². The first kappa shape index (κ1) is 16.2. The Balaban J connectivity index is 1.85. The van der Waals surface area contributed by atoms with Gasteiger partial charge in [-0.25, -0.2) is 0 Å². The molecular formula is C21H21NO2. The highest BCUT2D eigenvalue weighted by molar-refractivity contribution is 5.64. The SMILES string of the molecule is CC(O)CC(Oc1cccc(-c2ccccc2)c1)c1cccnc1. The largest absolute Gasteiger partial charge is 0.486 e. The van der Waals surface area contributed by atoms with Crippen LogP contribution in [-0.2, 0) is 0 Å². The Hall–Kier alpha value is -2.65. The molecule has 0 saturated heterocycles. The van der Waals surface area contributed by atoms with Crippen LogP contribution in [0, 0.1) is 0 Å². The van der Waals surface area contributed by atoms with Gasteiger partial charge in [0.2, 0.25) is 0 Å². The molecule has 0 aliphatic carbocycles. The average Bonchev–Trinajstić information content (AvgIpc) is 2.62. The molecule has 1 aromatic heterocycles. The number of aromatic nitrogens is 1. The standard InChI is InChI=1S/C21H21NO2/c1-16(23)13-21(19-10-6-12-22-15-19)24-20-11-5-9-18(14-20)17-7-3-2-4-8-17/h2-12,14-16,21,23H,13H2,1H3. The second-order valence-electron chi connectivity index (χ2n) is 5.87. The summed E-state index contributed by atoms with van der Waals surface area (Å²) in [5, 5.41) is 9.79. The lowest BCUT2D eigenvalue weighted by Crippen LogP contribution is -2.14. The summed E-state index contributed by atoms with van der Waals surface area (Å²) in [5.74, 6) is 0.783. The summed E-state index contributed by atoms with van der Waals surface area (Å²) in [4.78, 5) is 4.16. The van der Waals surface area contributed by atoms with Crippen LogP contribution in [0.3, 0.4) is 0 Å². The maximum absolute atomic E-state index is 9.79. The molecule has 3 aromatic rings. The number of ether oxygens (including phenoxy) is 1. The van der Waals surface area contributed by atoms with Gasteiger partial charge in [0.25, 0.3) is 0 Å². The van der Waals surface area contributed by atoms with Crippen LogP contribution in [0.5, 0.6) is 5.75 Å². The van der Waals surface area contributed by atoms with Crippen molar-refractivity contribution in [3.63, 3.8) is 0 Å². The fourth-order valence-corrected chi connectivity index (χ4v) is 2.67. The van der Waals surface area contributed by atoms with Crippen LogP contribution in [0.15, 0.2) is 79.1 Å². The Morgan fingerprint density at radius 2 is 1.75 bits per heavy atom. The van der Waals surface area contributed by atoms with Gasteiger partial charge in [-0.05, 0) is 36.2 Å². The highest BCUT2D eigenvalue weighted by atomic mass is 16.5. The smallest absolute Gasteiger partial charge is 0.128 e. The Kier molecular flexibility index (Phi) is 5.24. The lowest BCUT2D eigenvalue weighted by atomic mass is 10.0. The molecule has 122 valence electrons. The van der Waals surface area contributed by atoms with Crippen LogP contribution in [-0.4, -0.2) is 16.2 Å². The first-order valence-electron chi connectivity index (χ1n) is 8.12. The molecule has 2 unspecified atom stereocenters. The molecule has 1 heterocycles. The minimum Gasteiger partial charge on any atom is -0.486 e. The van der Waals surface area contributed by atoms with Gasteiger partial charge in [0.15, 0.2) is 0 Å². The molecule has 0 aliphatic rings. The van der Waals surface area contributed by atoms with E-state index in [4.69, 9.17) is 4.74 Å². The van der Waals surface area contributed by atoms with E-state index in [1.54, 1.807) is 19.3 Å². The Bertz CT molecular complexity index is 757. The van der Waals surface area contributed by atoms with E-state index < -0.39 is 6.10 Å². The maximum Gasteiger partial charge on any atom is 0.128 e. The number of rotatable bonds is 6. The van der Waals surface area contributed by atoms with Gasteiger partial charge in [-0.1, -0.05) is 48.5 Å². The summed E-state index contributed by atoms with van der Waals surface area (Å²) in [5.41, 5.74) is 3.22. The number of benzene rings is 2. The summed E-state index contributed by atoms with van der Waals surface area (Å²) < 4.78 is 6.17. The Labute approximate surface area is 142 Å². The van der Waals surface area contributed by atoms with Crippen LogP contribution in [0.25, 0.3) is 11.1 Å². The van der Waals surface area contributed by atoms with Crippen molar-refractivity contribution in [3.05, 3.63) is 84.7 Å². The minimum absolute atomic E-state index is 0.232. The van der Waals surface area contributed by atoms with E-state index in [1.807, 2.05) is 48.5 Å². The van der Waals surface area contributed by atoms with Gasteiger partial charge < -0.3 is 9.84 Å². The fraction of sp³-hybridized carbons (Fsp3) is 0.190. The molecule has 0 fully saturated rings. The van der Waals surface area contributed by atoms with Crippen molar-refractivity contribution in [1.82, 2.24) is 4.98 Å². The average molecular weight is 319 g/mol. The number of hydrogen-bond acceptors (Lipinski definition) is 3. The lowest BCUT2D eigenvalue weighted by Gasteiger charge is -2.21.